The van der Waals surface area contributed by atoms with E-state index >= 15 is 0 Å². The number of benzene rings is 1. The first kappa shape index (κ1) is 12.3. The van der Waals surface area contributed by atoms with Crippen LogP contribution < -0.4 is 5.32 Å². The largest absolute Gasteiger partial charge is 0.507 e. The predicted molar refractivity (Wildman–Crippen MR) is 75.6 cm³/mol. The van der Waals surface area contributed by atoms with Gasteiger partial charge in [-0.15, -0.1) is 11.3 Å². The van der Waals surface area contributed by atoms with Crippen molar-refractivity contribution in [1.29, 1.82) is 0 Å². The SMILES string of the molecule is Cc1cnc(NC(=O)c2ccc(I)c(O)c2)s1. The summed E-state index contributed by atoms with van der Waals surface area (Å²) < 4.78 is 0.712. The molecule has 2 aromatic rings. The Morgan fingerprint density at radius 3 is 2.88 bits per heavy atom. The van der Waals surface area contributed by atoms with E-state index in [1.165, 1.54) is 17.4 Å². The third-order valence-electron chi connectivity index (χ3n) is 2.05. The summed E-state index contributed by atoms with van der Waals surface area (Å²) in [7, 11) is 0. The van der Waals surface area contributed by atoms with Gasteiger partial charge in [0.25, 0.3) is 5.91 Å². The number of thiazole rings is 1. The van der Waals surface area contributed by atoms with E-state index in [-0.39, 0.29) is 11.7 Å². The van der Waals surface area contributed by atoms with Crippen LogP contribution in [0.25, 0.3) is 0 Å². The van der Waals surface area contributed by atoms with E-state index in [2.05, 4.69) is 10.3 Å². The van der Waals surface area contributed by atoms with Crippen molar-refractivity contribution >= 4 is 45.0 Å². The molecule has 0 aliphatic carbocycles. The molecule has 2 rings (SSSR count). The summed E-state index contributed by atoms with van der Waals surface area (Å²) in [6.07, 6.45) is 1.70. The van der Waals surface area contributed by atoms with Crippen molar-refractivity contribution in [3.05, 3.63) is 38.4 Å². The zero-order chi connectivity index (χ0) is 12.4. The van der Waals surface area contributed by atoms with Crippen molar-refractivity contribution in [1.82, 2.24) is 4.98 Å². The van der Waals surface area contributed by atoms with Crippen molar-refractivity contribution < 1.29 is 9.90 Å². The van der Waals surface area contributed by atoms with Crippen molar-refractivity contribution in [3.8, 4) is 5.75 Å². The molecule has 0 aliphatic rings. The Morgan fingerprint density at radius 1 is 1.53 bits per heavy atom. The molecule has 88 valence electrons. The molecular formula is C11H9IN2O2S. The molecule has 0 radical (unpaired) electrons. The van der Waals surface area contributed by atoms with Gasteiger partial charge in [-0.3, -0.25) is 10.1 Å². The third-order valence-corrected chi connectivity index (χ3v) is 3.79. The predicted octanol–water partition coefficient (Wildman–Crippen LogP) is 3.01. The maximum absolute atomic E-state index is 11.8. The number of rotatable bonds is 2. The lowest BCUT2D eigenvalue weighted by molar-refractivity contribution is 0.102. The van der Waals surface area contributed by atoms with Crippen molar-refractivity contribution in [2.45, 2.75) is 6.92 Å². The van der Waals surface area contributed by atoms with Gasteiger partial charge in [-0.05, 0) is 47.7 Å². The van der Waals surface area contributed by atoms with Crippen LogP contribution in [-0.2, 0) is 0 Å². The second-order valence-electron chi connectivity index (χ2n) is 3.40. The average Bonchev–Trinajstić information content (AvgIpc) is 2.68. The molecule has 0 saturated heterocycles. The number of phenols is 1. The molecule has 1 heterocycles. The van der Waals surface area contributed by atoms with Crippen LogP contribution in [0.3, 0.4) is 0 Å². The van der Waals surface area contributed by atoms with Crippen molar-refractivity contribution in [2.24, 2.45) is 0 Å². The first-order chi connectivity index (χ1) is 8.06. The van der Waals surface area contributed by atoms with Crippen LogP contribution in [0, 0.1) is 10.5 Å². The Kier molecular flexibility index (Phi) is 3.63. The Bertz CT molecular complexity index is 568. The number of nitrogens with zero attached hydrogens (tertiary/aromatic N) is 1. The first-order valence-electron chi connectivity index (χ1n) is 4.78. The van der Waals surface area contributed by atoms with E-state index in [0.717, 1.165) is 4.88 Å². The Labute approximate surface area is 116 Å². The molecule has 0 fully saturated rings. The summed E-state index contributed by atoms with van der Waals surface area (Å²) in [5.41, 5.74) is 0.413. The number of nitrogens with one attached hydrogen (secondary N) is 1. The van der Waals surface area contributed by atoms with E-state index in [0.29, 0.717) is 14.3 Å². The molecular weight excluding hydrogens is 351 g/mol. The highest BCUT2D eigenvalue weighted by Crippen LogP contribution is 2.22. The summed E-state index contributed by atoms with van der Waals surface area (Å²) in [4.78, 5) is 16.9. The Morgan fingerprint density at radius 2 is 2.29 bits per heavy atom. The quantitative estimate of drug-likeness (QED) is 0.810. The van der Waals surface area contributed by atoms with Crippen LogP contribution in [0.2, 0.25) is 0 Å². The summed E-state index contributed by atoms with van der Waals surface area (Å²) in [6, 6.07) is 4.80. The number of aromatic hydroxyl groups is 1. The fraction of sp³-hybridized carbons (Fsp3) is 0.0909. The number of anilines is 1. The molecule has 0 spiro atoms. The minimum Gasteiger partial charge on any atom is -0.507 e. The van der Waals surface area contributed by atoms with Crippen LogP contribution in [0.1, 0.15) is 15.2 Å². The van der Waals surface area contributed by atoms with E-state index in [1.807, 2.05) is 29.5 Å². The number of hydrogen-bond acceptors (Lipinski definition) is 4. The van der Waals surface area contributed by atoms with Crippen LogP contribution in [0.15, 0.2) is 24.4 Å². The maximum Gasteiger partial charge on any atom is 0.257 e. The number of aromatic nitrogens is 1. The van der Waals surface area contributed by atoms with Crippen LogP contribution in [0.4, 0.5) is 5.13 Å². The van der Waals surface area contributed by atoms with Crippen LogP contribution in [0.5, 0.6) is 5.75 Å². The van der Waals surface area contributed by atoms with E-state index in [9.17, 15) is 9.90 Å². The molecule has 2 N–H and O–H groups in total. The molecule has 4 nitrogen and oxygen atoms in total. The molecule has 6 heteroatoms. The van der Waals surface area contributed by atoms with Gasteiger partial charge in [0.2, 0.25) is 0 Å². The molecule has 17 heavy (non-hydrogen) atoms. The Balaban J connectivity index is 2.17. The van der Waals surface area contributed by atoms with E-state index in [4.69, 9.17) is 0 Å². The normalized spacial score (nSPS) is 10.2. The molecule has 0 bridgehead atoms. The zero-order valence-corrected chi connectivity index (χ0v) is 11.9. The van der Waals surface area contributed by atoms with Gasteiger partial charge in [-0.1, -0.05) is 0 Å². The topological polar surface area (TPSA) is 62.2 Å². The Hall–Kier alpha value is -1.15. The summed E-state index contributed by atoms with van der Waals surface area (Å²) in [5.74, 6) is -0.167. The molecule has 0 aliphatic heterocycles. The molecule has 0 unspecified atom stereocenters. The highest BCUT2D eigenvalue weighted by molar-refractivity contribution is 14.1. The number of hydrogen-bond donors (Lipinski definition) is 2. The summed E-state index contributed by atoms with van der Waals surface area (Å²) in [6.45, 7) is 1.92. The lowest BCUT2D eigenvalue weighted by Gasteiger charge is -2.03. The second-order valence-corrected chi connectivity index (χ2v) is 5.79. The maximum atomic E-state index is 11.8. The van der Waals surface area contributed by atoms with Gasteiger partial charge in [0.05, 0.1) is 3.57 Å². The van der Waals surface area contributed by atoms with Gasteiger partial charge in [-0.2, -0.15) is 0 Å². The number of phenolic OH excluding ortho intramolecular Hbond substituents is 1. The van der Waals surface area contributed by atoms with Crippen molar-refractivity contribution in [3.63, 3.8) is 0 Å². The fourth-order valence-corrected chi connectivity index (χ4v) is 2.23. The van der Waals surface area contributed by atoms with Crippen LogP contribution >= 0.6 is 33.9 Å². The van der Waals surface area contributed by atoms with Gasteiger partial charge in [-0.25, -0.2) is 4.98 Å². The number of amides is 1. The smallest absolute Gasteiger partial charge is 0.257 e. The van der Waals surface area contributed by atoms with Crippen LogP contribution in [-0.4, -0.2) is 16.0 Å². The monoisotopic (exact) mass is 360 g/mol. The molecule has 0 saturated carbocycles. The first-order valence-corrected chi connectivity index (χ1v) is 6.68. The minimum atomic E-state index is -0.272. The number of carbonyl (C=O) groups is 1. The highest BCUT2D eigenvalue weighted by atomic mass is 127. The zero-order valence-electron chi connectivity index (χ0n) is 8.90. The minimum absolute atomic E-state index is 0.105. The number of halogens is 1. The second kappa shape index (κ2) is 5.01. The molecule has 1 amide bonds. The molecule has 1 aromatic heterocycles. The summed E-state index contributed by atoms with van der Waals surface area (Å²) in [5, 5.41) is 12.8. The van der Waals surface area contributed by atoms with Crippen molar-refractivity contribution in [2.75, 3.05) is 5.32 Å². The average molecular weight is 360 g/mol. The third kappa shape index (κ3) is 2.95. The fourth-order valence-electron chi connectivity index (χ4n) is 1.24. The standard InChI is InChI=1S/C11H9IN2O2S/c1-6-5-13-11(17-6)14-10(16)7-2-3-8(12)9(15)4-7/h2-5,15H,1H3,(H,13,14,16). The van der Waals surface area contributed by atoms with Gasteiger partial charge in [0, 0.05) is 16.6 Å². The molecule has 0 atom stereocenters. The number of aryl methyl sites for hydroxylation is 1. The van der Waals surface area contributed by atoms with Gasteiger partial charge < -0.3 is 5.11 Å². The van der Waals surface area contributed by atoms with E-state index < -0.39 is 0 Å². The molecule has 1 aromatic carbocycles. The number of carbonyl (C=O) groups excluding carboxylic acids is 1. The van der Waals surface area contributed by atoms with Gasteiger partial charge in [0.1, 0.15) is 5.75 Å². The van der Waals surface area contributed by atoms with Gasteiger partial charge >= 0.3 is 0 Å². The van der Waals surface area contributed by atoms with E-state index in [1.54, 1.807) is 18.3 Å². The lowest BCUT2D eigenvalue weighted by Crippen LogP contribution is -2.11. The summed E-state index contributed by atoms with van der Waals surface area (Å²) >= 11 is 3.41. The van der Waals surface area contributed by atoms with Gasteiger partial charge in [0.15, 0.2) is 5.13 Å². The highest BCUT2D eigenvalue weighted by Gasteiger charge is 2.10. The lowest BCUT2D eigenvalue weighted by atomic mass is 10.2.